The Morgan fingerprint density at radius 2 is 2.35 bits per heavy atom. The summed E-state index contributed by atoms with van der Waals surface area (Å²) in [6.45, 7) is 2.48. The van der Waals surface area contributed by atoms with E-state index in [0.29, 0.717) is 13.0 Å². The molecule has 17 heavy (non-hydrogen) atoms. The largest absolute Gasteiger partial charge is 0.347 e. The molecule has 1 saturated heterocycles. The smallest absolute Gasteiger partial charge is 0.242 e. The first-order chi connectivity index (χ1) is 8.16. The zero-order chi connectivity index (χ0) is 12.3. The molecule has 1 aromatic rings. The van der Waals surface area contributed by atoms with E-state index in [4.69, 9.17) is 0 Å². The molecule has 1 unspecified atom stereocenters. The number of amides is 2. The topological polar surface area (TPSA) is 62.3 Å². The number of nitrogens with zero attached hydrogens (tertiary/aromatic N) is 2. The molecule has 5 heteroatoms. The number of rotatable bonds is 2. The molecule has 1 aromatic heterocycles. The van der Waals surface area contributed by atoms with Gasteiger partial charge >= 0.3 is 0 Å². The molecule has 0 saturated carbocycles. The molecule has 2 amide bonds. The number of hydrogen-bond donors (Lipinski definition) is 1. The third kappa shape index (κ3) is 2.81. The fourth-order valence-electron chi connectivity index (χ4n) is 1.90. The van der Waals surface area contributed by atoms with Gasteiger partial charge in [0.25, 0.3) is 0 Å². The van der Waals surface area contributed by atoms with Crippen LogP contribution in [0.2, 0.25) is 0 Å². The normalized spacial score (nSPS) is 21.0. The van der Waals surface area contributed by atoms with E-state index < -0.39 is 0 Å². The van der Waals surface area contributed by atoms with Crippen molar-refractivity contribution >= 4 is 11.8 Å². The molecule has 0 spiro atoms. The minimum Gasteiger partial charge on any atom is -0.347 e. The predicted octanol–water partition coefficient (Wildman–Crippen LogP) is 0.319. The molecule has 0 aliphatic carbocycles. The Kier molecular flexibility index (Phi) is 3.37. The van der Waals surface area contributed by atoms with Gasteiger partial charge in [0.1, 0.15) is 0 Å². The van der Waals surface area contributed by atoms with Crippen LogP contribution in [0.1, 0.15) is 18.9 Å². The standard InChI is InChI=1S/C12H15N3O2/c1-9-5-11(16)14-7-12(17)15(9)8-10-3-2-4-13-6-10/h2-4,6,9H,5,7-8H2,1H3,(H,14,16). The van der Waals surface area contributed by atoms with Crippen LogP contribution in [-0.2, 0) is 16.1 Å². The van der Waals surface area contributed by atoms with Gasteiger partial charge in [-0.2, -0.15) is 0 Å². The van der Waals surface area contributed by atoms with Crippen molar-refractivity contribution in [2.45, 2.75) is 25.9 Å². The molecule has 0 radical (unpaired) electrons. The maximum absolute atomic E-state index is 11.9. The maximum atomic E-state index is 11.9. The van der Waals surface area contributed by atoms with Gasteiger partial charge < -0.3 is 10.2 Å². The summed E-state index contributed by atoms with van der Waals surface area (Å²) in [5.41, 5.74) is 0.974. The lowest BCUT2D eigenvalue weighted by Gasteiger charge is -2.26. The van der Waals surface area contributed by atoms with Gasteiger partial charge in [-0.05, 0) is 18.6 Å². The minimum absolute atomic E-state index is 0.0489. The zero-order valence-corrected chi connectivity index (χ0v) is 9.72. The Morgan fingerprint density at radius 3 is 3.06 bits per heavy atom. The first kappa shape index (κ1) is 11.6. The molecular weight excluding hydrogens is 218 g/mol. The van der Waals surface area contributed by atoms with Crippen LogP contribution in [0.25, 0.3) is 0 Å². The third-order valence-electron chi connectivity index (χ3n) is 2.85. The molecule has 1 aliphatic heterocycles. The summed E-state index contributed by atoms with van der Waals surface area (Å²) >= 11 is 0. The van der Waals surface area contributed by atoms with Gasteiger partial charge in [-0.1, -0.05) is 6.07 Å². The maximum Gasteiger partial charge on any atom is 0.242 e. The van der Waals surface area contributed by atoms with Crippen molar-refractivity contribution in [2.24, 2.45) is 0 Å². The highest BCUT2D eigenvalue weighted by atomic mass is 16.2. The minimum atomic E-state index is -0.0785. The summed E-state index contributed by atoms with van der Waals surface area (Å²) in [7, 11) is 0. The average Bonchev–Trinajstić information content (AvgIpc) is 2.44. The lowest BCUT2D eigenvalue weighted by atomic mass is 10.1. The van der Waals surface area contributed by atoms with E-state index >= 15 is 0 Å². The zero-order valence-electron chi connectivity index (χ0n) is 9.72. The second kappa shape index (κ2) is 4.95. The average molecular weight is 233 g/mol. The van der Waals surface area contributed by atoms with Gasteiger partial charge in [0, 0.05) is 31.4 Å². The van der Waals surface area contributed by atoms with Crippen LogP contribution in [0, 0.1) is 0 Å². The van der Waals surface area contributed by atoms with Crippen molar-refractivity contribution in [1.82, 2.24) is 15.2 Å². The summed E-state index contributed by atoms with van der Waals surface area (Å²) < 4.78 is 0. The van der Waals surface area contributed by atoms with Gasteiger partial charge in [-0.15, -0.1) is 0 Å². The van der Waals surface area contributed by atoms with E-state index in [2.05, 4.69) is 10.3 Å². The third-order valence-corrected chi connectivity index (χ3v) is 2.85. The number of aromatic nitrogens is 1. The Balaban J connectivity index is 2.12. The molecular formula is C12H15N3O2. The van der Waals surface area contributed by atoms with E-state index in [1.807, 2.05) is 19.1 Å². The van der Waals surface area contributed by atoms with E-state index in [0.717, 1.165) is 5.56 Å². The van der Waals surface area contributed by atoms with E-state index in [1.165, 1.54) is 0 Å². The lowest BCUT2D eigenvalue weighted by molar-refractivity contribution is -0.132. The summed E-state index contributed by atoms with van der Waals surface area (Å²) in [4.78, 5) is 28.9. The first-order valence-electron chi connectivity index (χ1n) is 5.62. The van der Waals surface area contributed by atoms with E-state index in [-0.39, 0.29) is 24.4 Å². The Hall–Kier alpha value is -1.91. The molecule has 90 valence electrons. The number of carbonyl (C=O) groups is 2. The van der Waals surface area contributed by atoms with Crippen molar-refractivity contribution in [3.63, 3.8) is 0 Å². The lowest BCUT2D eigenvalue weighted by Crippen LogP contribution is -2.39. The van der Waals surface area contributed by atoms with Crippen molar-refractivity contribution < 1.29 is 9.59 Å². The van der Waals surface area contributed by atoms with Crippen molar-refractivity contribution in [1.29, 1.82) is 0 Å². The molecule has 1 N–H and O–H groups in total. The van der Waals surface area contributed by atoms with Gasteiger partial charge in [0.15, 0.2) is 0 Å². The molecule has 1 atom stereocenters. The van der Waals surface area contributed by atoms with E-state index in [9.17, 15) is 9.59 Å². The number of nitrogens with one attached hydrogen (secondary N) is 1. The first-order valence-corrected chi connectivity index (χ1v) is 5.62. The Bertz CT molecular complexity index is 419. The summed E-state index contributed by atoms with van der Waals surface area (Å²) in [6.07, 6.45) is 3.79. The number of hydrogen-bond acceptors (Lipinski definition) is 3. The van der Waals surface area contributed by atoms with Gasteiger partial charge in [-0.25, -0.2) is 0 Å². The van der Waals surface area contributed by atoms with Crippen LogP contribution in [0.4, 0.5) is 0 Å². The highest BCUT2D eigenvalue weighted by molar-refractivity contribution is 5.87. The van der Waals surface area contributed by atoms with Crippen molar-refractivity contribution in [2.75, 3.05) is 6.54 Å². The predicted molar refractivity (Wildman–Crippen MR) is 61.9 cm³/mol. The second-order valence-electron chi connectivity index (χ2n) is 4.21. The summed E-state index contributed by atoms with van der Waals surface area (Å²) in [5, 5.41) is 2.59. The summed E-state index contributed by atoms with van der Waals surface area (Å²) in [6, 6.07) is 3.68. The van der Waals surface area contributed by atoms with Crippen LogP contribution >= 0.6 is 0 Å². The molecule has 2 heterocycles. The van der Waals surface area contributed by atoms with Gasteiger partial charge in [0.2, 0.25) is 11.8 Å². The van der Waals surface area contributed by atoms with Crippen LogP contribution < -0.4 is 5.32 Å². The quantitative estimate of drug-likeness (QED) is 0.800. The highest BCUT2D eigenvalue weighted by Gasteiger charge is 2.26. The van der Waals surface area contributed by atoms with Gasteiger partial charge in [-0.3, -0.25) is 14.6 Å². The van der Waals surface area contributed by atoms with Crippen molar-refractivity contribution in [3.05, 3.63) is 30.1 Å². The van der Waals surface area contributed by atoms with Gasteiger partial charge in [0.05, 0.1) is 6.54 Å². The number of pyridine rings is 1. The van der Waals surface area contributed by atoms with Crippen LogP contribution in [0.5, 0.6) is 0 Å². The van der Waals surface area contributed by atoms with Crippen LogP contribution in [-0.4, -0.2) is 34.3 Å². The molecule has 0 bridgehead atoms. The summed E-state index contributed by atoms with van der Waals surface area (Å²) in [5.74, 6) is -0.119. The molecule has 2 rings (SSSR count). The SMILES string of the molecule is CC1CC(=O)NCC(=O)N1Cc1cccnc1. The Labute approximate surface area is 99.8 Å². The Morgan fingerprint density at radius 1 is 1.53 bits per heavy atom. The molecule has 5 nitrogen and oxygen atoms in total. The van der Waals surface area contributed by atoms with Crippen molar-refractivity contribution in [3.8, 4) is 0 Å². The second-order valence-corrected chi connectivity index (χ2v) is 4.21. The molecule has 1 fully saturated rings. The fourth-order valence-corrected chi connectivity index (χ4v) is 1.90. The molecule has 0 aromatic carbocycles. The fraction of sp³-hybridized carbons (Fsp3) is 0.417. The highest BCUT2D eigenvalue weighted by Crippen LogP contribution is 2.12. The number of carbonyl (C=O) groups excluding carboxylic acids is 2. The van der Waals surface area contributed by atoms with Crippen LogP contribution in [0.3, 0.4) is 0 Å². The van der Waals surface area contributed by atoms with Crippen LogP contribution in [0.15, 0.2) is 24.5 Å². The monoisotopic (exact) mass is 233 g/mol. The van der Waals surface area contributed by atoms with E-state index in [1.54, 1.807) is 17.3 Å². The molecule has 1 aliphatic rings.